The van der Waals surface area contributed by atoms with E-state index >= 15 is 0 Å². The van der Waals surface area contributed by atoms with Crippen molar-refractivity contribution < 1.29 is 22.4 Å². The van der Waals surface area contributed by atoms with E-state index in [1.54, 1.807) is 0 Å². The van der Waals surface area contributed by atoms with Crippen molar-refractivity contribution in [1.82, 2.24) is 0 Å². The van der Waals surface area contributed by atoms with Crippen LogP contribution in [0.25, 0.3) is 0 Å². The Hall–Kier alpha value is -1.10. The Morgan fingerprint density at radius 3 is 2.44 bits per heavy atom. The summed E-state index contributed by atoms with van der Waals surface area (Å²) < 4.78 is 48.4. The van der Waals surface area contributed by atoms with Crippen molar-refractivity contribution >= 4 is 17.4 Å². The molecular weight excluding hydrogens is 248 g/mol. The largest absolute Gasteiger partial charge is 0.395 e. The number of hydrogen-bond donors (Lipinski definition) is 0. The van der Waals surface area contributed by atoms with Crippen LogP contribution in [0.15, 0.2) is 18.2 Å². The van der Waals surface area contributed by atoms with Crippen molar-refractivity contribution in [2.45, 2.75) is 19.0 Å². The smallest absolute Gasteiger partial charge is 0.299 e. The second-order valence-corrected chi connectivity index (χ2v) is 3.66. The molecule has 0 aliphatic carbocycles. The van der Waals surface area contributed by atoms with E-state index in [4.69, 9.17) is 11.6 Å². The van der Waals surface area contributed by atoms with Crippen LogP contribution in [0.2, 0.25) is 5.02 Å². The summed E-state index contributed by atoms with van der Waals surface area (Å²) in [5.74, 6) is -1.76. The molecule has 0 aliphatic heterocycles. The molecule has 0 heterocycles. The lowest BCUT2D eigenvalue weighted by Crippen LogP contribution is -2.16. The Bertz CT molecular complexity index is 400. The number of ketones is 1. The van der Waals surface area contributed by atoms with Gasteiger partial charge in [-0.25, -0.2) is 4.39 Å². The molecule has 0 unspecified atom stereocenters. The van der Waals surface area contributed by atoms with Crippen LogP contribution in [-0.2, 0) is 11.2 Å². The number of Topliss-reactive ketones (excluding diaryl/α,β-unsaturated/α-hetero) is 1. The van der Waals surface area contributed by atoms with Crippen LogP contribution < -0.4 is 0 Å². The van der Waals surface area contributed by atoms with Crippen molar-refractivity contribution in [2.75, 3.05) is 0 Å². The van der Waals surface area contributed by atoms with Crippen LogP contribution in [0.3, 0.4) is 0 Å². The van der Waals surface area contributed by atoms with Gasteiger partial charge in [-0.05, 0) is 17.7 Å². The molecule has 0 N–H and O–H groups in total. The Morgan fingerprint density at radius 2 is 1.94 bits per heavy atom. The maximum Gasteiger partial charge on any atom is 0.395 e. The molecule has 0 fully saturated rings. The molecule has 0 spiro atoms. The monoisotopic (exact) mass is 254 g/mol. The zero-order valence-electron chi connectivity index (χ0n) is 7.94. The Morgan fingerprint density at radius 1 is 1.31 bits per heavy atom. The highest BCUT2D eigenvalue weighted by Crippen LogP contribution is 2.21. The predicted molar refractivity (Wildman–Crippen MR) is 50.8 cm³/mol. The first kappa shape index (κ1) is 13.0. The third-order valence-electron chi connectivity index (χ3n) is 1.78. The third-order valence-corrected chi connectivity index (χ3v) is 2.09. The van der Waals surface area contributed by atoms with Crippen molar-refractivity contribution in [3.63, 3.8) is 0 Å². The highest BCUT2D eigenvalue weighted by Gasteiger charge is 2.30. The van der Waals surface area contributed by atoms with Gasteiger partial charge in [-0.3, -0.25) is 4.79 Å². The molecule has 1 aromatic carbocycles. The minimum Gasteiger partial charge on any atom is -0.299 e. The summed E-state index contributed by atoms with van der Waals surface area (Å²) in [6.45, 7) is 0. The normalized spacial score (nSPS) is 11.6. The first-order valence-electron chi connectivity index (χ1n) is 4.30. The van der Waals surface area contributed by atoms with Crippen LogP contribution in [-0.4, -0.2) is 12.0 Å². The molecule has 0 amide bonds. The zero-order valence-corrected chi connectivity index (χ0v) is 8.70. The van der Waals surface area contributed by atoms with E-state index in [1.165, 1.54) is 12.1 Å². The van der Waals surface area contributed by atoms with Crippen molar-refractivity contribution in [1.29, 1.82) is 0 Å². The van der Waals surface area contributed by atoms with Gasteiger partial charge in [0.2, 0.25) is 0 Å². The van der Waals surface area contributed by atoms with Crippen LogP contribution in [0.4, 0.5) is 17.6 Å². The third kappa shape index (κ3) is 4.18. The van der Waals surface area contributed by atoms with Gasteiger partial charge in [0.1, 0.15) is 18.0 Å². The van der Waals surface area contributed by atoms with Gasteiger partial charge in [0, 0.05) is 6.42 Å². The fourth-order valence-corrected chi connectivity index (χ4v) is 1.28. The highest BCUT2D eigenvalue weighted by atomic mass is 35.5. The topological polar surface area (TPSA) is 17.1 Å². The van der Waals surface area contributed by atoms with Gasteiger partial charge in [0.05, 0.1) is 5.02 Å². The van der Waals surface area contributed by atoms with E-state index < -0.39 is 30.6 Å². The average molecular weight is 255 g/mol. The molecule has 0 bridgehead atoms. The first-order valence-corrected chi connectivity index (χ1v) is 4.68. The maximum atomic E-state index is 12.9. The molecule has 0 saturated heterocycles. The van der Waals surface area contributed by atoms with E-state index in [9.17, 15) is 22.4 Å². The van der Waals surface area contributed by atoms with Crippen molar-refractivity contribution in [3.8, 4) is 0 Å². The standard InChI is InChI=1S/C10H7ClF4O/c11-8-2-1-6(4-9(8)12)3-7(16)5-10(13,14)15/h1-2,4H,3,5H2. The molecule has 1 rings (SSSR count). The fourth-order valence-electron chi connectivity index (χ4n) is 1.16. The quantitative estimate of drug-likeness (QED) is 0.754. The number of halogens is 5. The molecule has 1 aromatic rings. The summed E-state index contributed by atoms with van der Waals surface area (Å²) in [7, 11) is 0. The number of benzene rings is 1. The number of carbonyl (C=O) groups is 1. The molecule has 0 saturated carbocycles. The van der Waals surface area contributed by atoms with Crippen LogP contribution in [0.1, 0.15) is 12.0 Å². The summed E-state index contributed by atoms with van der Waals surface area (Å²) in [6.07, 6.45) is -6.48. The van der Waals surface area contributed by atoms with Crippen LogP contribution in [0, 0.1) is 5.82 Å². The first-order chi connectivity index (χ1) is 7.28. The SMILES string of the molecule is O=C(Cc1ccc(Cl)c(F)c1)CC(F)(F)F. The summed E-state index contributed by atoms with van der Waals surface area (Å²) >= 11 is 5.38. The van der Waals surface area contributed by atoms with Gasteiger partial charge >= 0.3 is 6.18 Å². The average Bonchev–Trinajstić information content (AvgIpc) is 2.08. The van der Waals surface area contributed by atoms with Gasteiger partial charge in [0.25, 0.3) is 0 Å². The molecule has 6 heteroatoms. The molecular formula is C10H7ClF4O. The second-order valence-electron chi connectivity index (χ2n) is 3.26. The van der Waals surface area contributed by atoms with Crippen LogP contribution in [0.5, 0.6) is 0 Å². The van der Waals surface area contributed by atoms with Gasteiger partial charge in [-0.1, -0.05) is 17.7 Å². The Kier molecular flexibility index (Phi) is 3.91. The predicted octanol–water partition coefficient (Wildman–Crippen LogP) is 3.54. The number of carbonyl (C=O) groups excluding carboxylic acids is 1. The van der Waals surface area contributed by atoms with Gasteiger partial charge < -0.3 is 0 Å². The van der Waals surface area contributed by atoms with Gasteiger partial charge in [-0.2, -0.15) is 13.2 Å². The summed E-state index contributed by atoms with van der Waals surface area (Å²) in [4.78, 5) is 10.9. The Labute approximate surface area is 94.0 Å². The lowest BCUT2D eigenvalue weighted by atomic mass is 10.1. The highest BCUT2D eigenvalue weighted by molar-refractivity contribution is 6.30. The summed E-state index contributed by atoms with van der Waals surface area (Å²) in [5, 5.41) is -0.132. The lowest BCUT2D eigenvalue weighted by molar-refractivity contribution is -0.151. The van der Waals surface area contributed by atoms with E-state index in [2.05, 4.69) is 0 Å². The van der Waals surface area contributed by atoms with Crippen molar-refractivity contribution in [2.24, 2.45) is 0 Å². The minimum atomic E-state index is -4.53. The minimum absolute atomic E-state index is 0.132. The molecule has 0 aliphatic rings. The molecule has 0 atom stereocenters. The van der Waals surface area contributed by atoms with E-state index in [1.807, 2.05) is 0 Å². The fraction of sp³-hybridized carbons (Fsp3) is 0.300. The van der Waals surface area contributed by atoms with Gasteiger partial charge in [-0.15, -0.1) is 0 Å². The molecule has 0 aromatic heterocycles. The van der Waals surface area contributed by atoms with Gasteiger partial charge in [0.15, 0.2) is 0 Å². The van der Waals surface area contributed by atoms with Crippen LogP contribution >= 0.6 is 11.6 Å². The summed E-state index contributed by atoms with van der Waals surface area (Å²) in [6, 6.07) is 3.48. The lowest BCUT2D eigenvalue weighted by Gasteiger charge is -2.05. The number of alkyl halides is 3. The Balaban J connectivity index is 2.67. The molecule has 0 radical (unpaired) electrons. The number of rotatable bonds is 3. The second kappa shape index (κ2) is 4.82. The van der Waals surface area contributed by atoms with E-state index in [0.29, 0.717) is 0 Å². The molecule has 1 nitrogen and oxygen atoms in total. The van der Waals surface area contributed by atoms with E-state index in [0.717, 1.165) is 6.07 Å². The van der Waals surface area contributed by atoms with E-state index in [-0.39, 0.29) is 10.6 Å². The van der Waals surface area contributed by atoms with Crippen molar-refractivity contribution in [3.05, 3.63) is 34.6 Å². The zero-order chi connectivity index (χ0) is 12.3. The maximum absolute atomic E-state index is 12.9. The molecule has 16 heavy (non-hydrogen) atoms. The molecule has 88 valence electrons. The summed E-state index contributed by atoms with van der Waals surface area (Å²) in [5.41, 5.74) is 0.177. The number of hydrogen-bond acceptors (Lipinski definition) is 1.